The molecule has 3 heteroatoms. The minimum absolute atomic E-state index is 0.358. The fourth-order valence-corrected chi connectivity index (χ4v) is 4.06. The molecule has 3 rings (SSSR count). The normalized spacial score (nSPS) is 19.0. The second kappa shape index (κ2) is 6.63. The third kappa shape index (κ3) is 3.30. The number of fused-ring (bicyclic) bond motifs is 1. The van der Waals surface area contributed by atoms with Crippen LogP contribution in [0, 0.1) is 0 Å². The first-order valence-electron chi connectivity index (χ1n) is 7.83. The number of aryl methyl sites for hydroxylation is 1. The topological polar surface area (TPSA) is 21.3 Å². The van der Waals surface area contributed by atoms with E-state index in [0.717, 1.165) is 12.4 Å². The van der Waals surface area contributed by atoms with Gasteiger partial charge < -0.3 is 10.1 Å². The van der Waals surface area contributed by atoms with Crippen molar-refractivity contribution >= 4 is 11.3 Å². The molecular weight excluding hydrogens is 278 g/mol. The highest BCUT2D eigenvalue weighted by Crippen LogP contribution is 2.34. The van der Waals surface area contributed by atoms with Gasteiger partial charge in [0.05, 0.1) is 6.61 Å². The van der Waals surface area contributed by atoms with Crippen molar-refractivity contribution in [2.75, 3.05) is 6.61 Å². The fraction of sp³-hybridized carbons (Fsp3) is 0.444. The first kappa shape index (κ1) is 14.6. The maximum Gasteiger partial charge on any atom is 0.119 e. The van der Waals surface area contributed by atoms with Gasteiger partial charge in [-0.05, 0) is 67.8 Å². The van der Waals surface area contributed by atoms with Crippen LogP contribution < -0.4 is 10.1 Å². The average molecular weight is 301 g/mol. The summed E-state index contributed by atoms with van der Waals surface area (Å²) in [6.45, 7) is 4.98. The molecule has 0 saturated heterocycles. The summed E-state index contributed by atoms with van der Waals surface area (Å²) in [4.78, 5) is 1.57. The fourth-order valence-electron chi connectivity index (χ4n) is 3.08. The van der Waals surface area contributed by atoms with E-state index >= 15 is 0 Å². The number of benzene rings is 1. The van der Waals surface area contributed by atoms with Gasteiger partial charge in [0.25, 0.3) is 0 Å². The van der Waals surface area contributed by atoms with Crippen molar-refractivity contribution in [1.29, 1.82) is 0 Å². The van der Waals surface area contributed by atoms with Gasteiger partial charge in [-0.1, -0.05) is 12.1 Å². The lowest BCUT2D eigenvalue weighted by atomic mass is 9.93. The van der Waals surface area contributed by atoms with Gasteiger partial charge in [-0.3, -0.25) is 0 Å². The van der Waals surface area contributed by atoms with Crippen LogP contribution in [0.15, 0.2) is 35.7 Å². The standard InChI is InChI=1S/C18H23NOS/c1-3-20-15-9-7-14(8-10-15)13(2)19-17-5-4-6-18-16(17)11-12-21-18/h7-13,17,19H,3-6H2,1-2H3. The summed E-state index contributed by atoms with van der Waals surface area (Å²) in [5.74, 6) is 0.950. The van der Waals surface area contributed by atoms with Crippen molar-refractivity contribution in [1.82, 2.24) is 5.32 Å². The zero-order chi connectivity index (χ0) is 14.7. The summed E-state index contributed by atoms with van der Waals surface area (Å²) in [6.07, 6.45) is 3.79. The van der Waals surface area contributed by atoms with Crippen LogP contribution in [0.3, 0.4) is 0 Å². The molecule has 2 aromatic rings. The van der Waals surface area contributed by atoms with Gasteiger partial charge in [-0.25, -0.2) is 0 Å². The van der Waals surface area contributed by atoms with Crippen LogP contribution in [0.1, 0.15) is 54.8 Å². The molecule has 0 aliphatic heterocycles. The molecule has 21 heavy (non-hydrogen) atoms. The van der Waals surface area contributed by atoms with Crippen LogP contribution >= 0.6 is 11.3 Å². The predicted octanol–water partition coefficient (Wildman–Crippen LogP) is 4.88. The molecule has 1 aliphatic rings. The number of rotatable bonds is 5. The minimum atomic E-state index is 0.358. The Kier molecular flexibility index (Phi) is 4.61. The van der Waals surface area contributed by atoms with Gasteiger partial charge in [-0.15, -0.1) is 11.3 Å². The molecule has 0 bridgehead atoms. The summed E-state index contributed by atoms with van der Waals surface area (Å²) in [7, 11) is 0. The highest BCUT2D eigenvalue weighted by atomic mass is 32.1. The van der Waals surface area contributed by atoms with Crippen molar-refractivity contribution in [3.05, 3.63) is 51.7 Å². The largest absolute Gasteiger partial charge is 0.494 e. The van der Waals surface area contributed by atoms with Gasteiger partial charge in [0.15, 0.2) is 0 Å². The molecule has 0 radical (unpaired) electrons. The summed E-state index contributed by atoms with van der Waals surface area (Å²) < 4.78 is 5.51. The van der Waals surface area contributed by atoms with Gasteiger partial charge in [0.1, 0.15) is 5.75 Å². The third-order valence-electron chi connectivity index (χ3n) is 4.19. The molecule has 0 spiro atoms. The number of hydrogen-bond donors (Lipinski definition) is 1. The molecule has 1 aromatic heterocycles. The molecule has 1 aliphatic carbocycles. The van der Waals surface area contributed by atoms with E-state index in [1.54, 1.807) is 4.88 Å². The first-order valence-corrected chi connectivity index (χ1v) is 8.71. The lowest BCUT2D eigenvalue weighted by Crippen LogP contribution is -2.27. The van der Waals surface area contributed by atoms with E-state index in [9.17, 15) is 0 Å². The van der Waals surface area contributed by atoms with Crippen LogP contribution in [0.2, 0.25) is 0 Å². The van der Waals surface area contributed by atoms with E-state index in [2.05, 4.69) is 48.0 Å². The Morgan fingerprint density at radius 2 is 2.10 bits per heavy atom. The van der Waals surface area contributed by atoms with E-state index in [-0.39, 0.29) is 0 Å². The average Bonchev–Trinajstić information content (AvgIpc) is 2.98. The smallest absolute Gasteiger partial charge is 0.119 e. The number of nitrogens with one attached hydrogen (secondary N) is 1. The quantitative estimate of drug-likeness (QED) is 0.850. The first-order chi connectivity index (χ1) is 10.3. The Morgan fingerprint density at radius 3 is 2.86 bits per heavy atom. The van der Waals surface area contributed by atoms with Crippen molar-refractivity contribution < 1.29 is 4.74 Å². The second-order valence-corrected chi connectivity index (χ2v) is 6.64. The van der Waals surface area contributed by atoms with Gasteiger partial charge in [0, 0.05) is 17.0 Å². The number of hydrogen-bond acceptors (Lipinski definition) is 3. The zero-order valence-electron chi connectivity index (χ0n) is 12.8. The molecule has 1 N–H and O–H groups in total. The van der Waals surface area contributed by atoms with Gasteiger partial charge >= 0.3 is 0 Å². The van der Waals surface area contributed by atoms with Crippen LogP contribution in [-0.2, 0) is 6.42 Å². The summed E-state index contributed by atoms with van der Waals surface area (Å²) >= 11 is 1.90. The van der Waals surface area contributed by atoms with Crippen molar-refractivity contribution in [2.45, 2.75) is 45.2 Å². The molecule has 1 heterocycles. The molecule has 112 valence electrons. The monoisotopic (exact) mass is 301 g/mol. The summed E-state index contributed by atoms with van der Waals surface area (Å²) in [5, 5.41) is 6.02. The zero-order valence-corrected chi connectivity index (χ0v) is 13.6. The lowest BCUT2D eigenvalue weighted by Gasteiger charge is -2.27. The summed E-state index contributed by atoms with van der Waals surface area (Å²) in [5.41, 5.74) is 2.84. The second-order valence-electron chi connectivity index (χ2n) is 5.63. The number of thiophene rings is 1. The SMILES string of the molecule is CCOc1ccc(C(C)NC2CCCc3sccc32)cc1. The molecule has 2 atom stereocenters. The van der Waals surface area contributed by atoms with Crippen molar-refractivity contribution in [3.63, 3.8) is 0 Å². The Morgan fingerprint density at radius 1 is 1.29 bits per heavy atom. The molecule has 2 nitrogen and oxygen atoms in total. The Balaban J connectivity index is 1.68. The minimum Gasteiger partial charge on any atom is -0.494 e. The van der Waals surface area contributed by atoms with E-state index in [1.807, 2.05) is 18.3 Å². The highest BCUT2D eigenvalue weighted by Gasteiger charge is 2.22. The lowest BCUT2D eigenvalue weighted by molar-refractivity contribution is 0.340. The van der Waals surface area contributed by atoms with Crippen molar-refractivity contribution in [2.24, 2.45) is 0 Å². The maximum atomic E-state index is 5.51. The molecule has 0 saturated carbocycles. The molecular formula is C18H23NOS. The maximum absolute atomic E-state index is 5.51. The third-order valence-corrected chi connectivity index (χ3v) is 5.19. The van der Waals surface area contributed by atoms with Gasteiger partial charge in [0.2, 0.25) is 0 Å². The van der Waals surface area contributed by atoms with Crippen LogP contribution in [0.4, 0.5) is 0 Å². The summed E-state index contributed by atoms with van der Waals surface area (Å²) in [6, 6.07) is 11.6. The molecule has 1 aromatic carbocycles. The van der Waals surface area contributed by atoms with Crippen LogP contribution in [-0.4, -0.2) is 6.61 Å². The van der Waals surface area contributed by atoms with Crippen molar-refractivity contribution in [3.8, 4) is 5.75 Å². The molecule has 0 fully saturated rings. The van der Waals surface area contributed by atoms with Gasteiger partial charge in [-0.2, -0.15) is 0 Å². The predicted molar refractivity (Wildman–Crippen MR) is 89.2 cm³/mol. The molecule has 0 amide bonds. The Labute approximate surface area is 131 Å². The van der Waals surface area contributed by atoms with E-state index in [0.29, 0.717) is 12.1 Å². The Hall–Kier alpha value is -1.32. The van der Waals surface area contributed by atoms with E-state index in [1.165, 1.54) is 30.4 Å². The van der Waals surface area contributed by atoms with Crippen LogP contribution in [0.25, 0.3) is 0 Å². The van der Waals surface area contributed by atoms with E-state index in [4.69, 9.17) is 4.74 Å². The molecule has 2 unspecified atom stereocenters. The number of ether oxygens (including phenoxy) is 1. The Bertz CT molecular complexity index is 575. The van der Waals surface area contributed by atoms with Crippen LogP contribution in [0.5, 0.6) is 5.75 Å². The van der Waals surface area contributed by atoms with E-state index < -0.39 is 0 Å². The highest BCUT2D eigenvalue weighted by molar-refractivity contribution is 7.10.